The third-order valence-electron chi connectivity index (χ3n) is 7.03. The minimum atomic E-state index is -0.730. The van der Waals surface area contributed by atoms with Gasteiger partial charge in [-0.25, -0.2) is 28.7 Å². The molecule has 1 N–H and O–H groups in total. The van der Waals surface area contributed by atoms with Crippen LogP contribution in [0.2, 0.25) is 0 Å². The van der Waals surface area contributed by atoms with Gasteiger partial charge in [0.15, 0.2) is 5.65 Å². The summed E-state index contributed by atoms with van der Waals surface area (Å²) in [5.74, 6) is -1.11. The lowest BCUT2D eigenvalue weighted by Crippen LogP contribution is -2.30. The Bertz CT molecular complexity index is 1450. The number of aryl methyl sites for hydroxylation is 2. The molecule has 0 radical (unpaired) electrons. The Morgan fingerprint density at radius 3 is 2.61 bits per heavy atom. The van der Waals surface area contributed by atoms with Crippen LogP contribution in [0.15, 0.2) is 30.6 Å². The molecule has 3 aromatic heterocycles. The van der Waals surface area contributed by atoms with Crippen LogP contribution in [0.5, 0.6) is 0 Å². The van der Waals surface area contributed by atoms with E-state index >= 15 is 0 Å². The first-order valence-corrected chi connectivity index (χ1v) is 12.2. The molecule has 4 heterocycles. The molecule has 0 spiro atoms. The first-order chi connectivity index (χ1) is 17.4. The van der Waals surface area contributed by atoms with E-state index in [-0.39, 0.29) is 29.9 Å². The molecule has 2 aliphatic rings. The van der Waals surface area contributed by atoms with Crippen LogP contribution in [-0.4, -0.2) is 47.5 Å². The Morgan fingerprint density at radius 1 is 1.06 bits per heavy atom. The number of halogens is 2. The fourth-order valence-electron chi connectivity index (χ4n) is 4.80. The largest absolute Gasteiger partial charge is 0.394 e. The Hall–Kier alpha value is -3.37. The number of rotatable bonds is 5. The minimum Gasteiger partial charge on any atom is -0.394 e. The molecule has 1 aliphatic carbocycles. The third-order valence-corrected chi connectivity index (χ3v) is 7.03. The van der Waals surface area contributed by atoms with E-state index in [2.05, 4.69) is 15.1 Å². The van der Waals surface area contributed by atoms with E-state index in [1.54, 1.807) is 0 Å². The smallest absolute Gasteiger partial charge is 0.182 e. The molecule has 36 heavy (non-hydrogen) atoms. The highest BCUT2D eigenvalue weighted by Crippen LogP contribution is 2.41. The summed E-state index contributed by atoms with van der Waals surface area (Å²) in [5.41, 5.74) is 3.46. The van der Waals surface area contributed by atoms with Crippen molar-refractivity contribution in [3.63, 3.8) is 0 Å². The van der Waals surface area contributed by atoms with E-state index in [1.807, 2.05) is 30.9 Å². The lowest BCUT2D eigenvalue weighted by molar-refractivity contribution is -0.0819. The summed E-state index contributed by atoms with van der Waals surface area (Å²) in [4.78, 5) is 18.7. The zero-order valence-corrected chi connectivity index (χ0v) is 20.0. The van der Waals surface area contributed by atoms with E-state index in [1.165, 1.54) is 12.1 Å². The molecule has 1 saturated heterocycles. The maximum Gasteiger partial charge on any atom is 0.182 e. The van der Waals surface area contributed by atoms with Gasteiger partial charge in [0, 0.05) is 29.3 Å². The van der Waals surface area contributed by atoms with Gasteiger partial charge in [0.05, 0.1) is 42.4 Å². The molecule has 2 fully saturated rings. The second kappa shape index (κ2) is 8.94. The van der Waals surface area contributed by atoms with E-state index in [0.717, 1.165) is 24.5 Å². The van der Waals surface area contributed by atoms with Crippen LogP contribution in [0.1, 0.15) is 66.5 Å². The van der Waals surface area contributed by atoms with Crippen LogP contribution >= 0.6 is 0 Å². The van der Waals surface area contributed by atoms with E-state index in [9.17, 15) is 13.9 Å². The zero-order chi connectivity index (χ0) is 25.0. The highest BCUT2D eigenvalue weighted by Gasteiger charge is 2.35. The molecule has 6 rings (SSSR count). The van der Waals surface area contributed by atoms with Gasteiger partial charge in [0.2, 0.25) is 0 Å². The normalized spacial score (nSPS) is 22.3. The molecule has 1 aliphatic heterocycles. The highest BCUT2D eigenvalue weighted by molar-refractivity contribution is 5.87. The summed E-state index contributed by atoms with van der Waals surface area (Å²) in [6.07, 6.45) is 6.46. The van der Waals surface area contributed by atoms with Crippen molar-refractivity contribution in [2.75, 3.05) is 6.61 Å². The van der Waals surface area contributed by atoms with Crippen LogP contribution in [-0.2, 0) is 4.74 Å². The van der Waals surface area contributed by atoms with E-state index in [0.29, 0.717) is 47.3 Å². The van der Waals surface area contributed by atoms with Gasteiger partial charge in [-0.3, -0.25) is 4.68 Å². The maximum atomic E-state index is 14.9. The van der Waals surface area contributed by atoms with Crippen molar-refractivity contribution < 1.29 is 18.6 Å². The minimum absolute atomic E-state index is 0.135. The first kappa shape index (κ1) is 23.1. The molecule has 186 valence electrons. The Balaban J connectivity index is 1.44. The van der Waals surface area contributed by atoms with Gasteiger partial charge < -0.3 is 9.84 Å². The van der Waals surface area contributed by atoms with Crippen LogP contribution in [0.3, 0.4) is 0 Å². The number of aliphatic hydroxyl groups is 1. The van der Waals surface area contributed by atoms with Crippen molar-refractivity contribution in [2.45, 2.75) is 63.7 Å². The number of hydrogen-bond donors (Lipinski definition) is 1. The third kappa shape index (κ3) is 4.24. The first-order valence-electron chi connectivity index (χ1n) is 12.2. The van der Waals surface area contributed by atoms with Gasteiger partial charge in [-0.2, -0.15) is 5.10 Å². The van der Waals surface area contributed by atoms with Crippen molar-refractivity contribution in [1.29, 1.82) is 0 Å². The monoisotopic (exact) mass is 492 g/mol. The van der Waals surface area contributed by atoms with Crippen molar-refractivity contribution in [3.05, 3.63) is 65.0 Å². The Morgan fingerprint density at radius 2 is 1.86 bits per heavy atom. The quantitative estimate of drug-likeness (QED) is 0.438. The SMILES string of the molecule is Cc1nc2nc([C@@H]3C[C@@H](CO)O[C@@H](c4cnn(C5CC5)c4)C3)nc(-c3ccc(F)cc3F)c2nc1C. The second-order valence-corrected chi connectivity index (χ2v) is 9.70. The molecule has 0 unspecified atom stereocenters. The number of benzene rings is 1. The van der Waals surface area contributed by atoms with Crippen molar-refractivity contribution in [1.82, 2.24) is 29.7 Å². The molecule has 1 aromatic carbocycles. The fraction of sp³-hybridized carbons (Fsp3) is 0.423. The van der Waals surface area contributed by atoms with Crippen LogP contribution in [0, 0.1) is 25.5 Å². The molecular formula is C26H26F2N6O2. The lowest BCUT2D eigenvalue weighted by Gasteiger charge is -2.33. The van der Waals surface area contributed by atoms with Crippen LogP contribution in [0.4, 0.5) is 8.78 Å². The topological polar surface area (TPSA) is 98.8 Å². The van der Waals surface area contributed by atoms with E-state index < -0.39 is 17.7 Å². The average molecular weight is 493 g/mol. The Kier molecular flexibility index (Phi) is 5.72. The van der Waals surface area contributed by atoms with Gasteiger partial charge >= 0.3 is 0 Å². The van der Waals surface area contributed by atoms with Gasteiger partial charge in [0.25, 0.3) is 0 Å². The van der Waals surface area contributed by atoms with Crippen LogP contribution in [0.25, 0.3) is 22.4 Å². The molecular weight excluding hydrogens is 466 g/mol. The summed E-state index contributed by atoms with van der Waals surface area (Å²) < 4.78 is 36.7. The number of ether oxygens (including phenoxy) is 1. The highest BCUT2D eigenvalue weighted by atomic mass is 19.1. The standard InChI is InChI=1S/C26H26F2N6O2/c1-13-14(2)31-26-24(30-13)23(20-6-3-17(27)9-21(20)28)32-25(33-26)15-7-19(12-35)36-22(8-15)16-10-29-34(11-16)18-4-5-18/h3,6,9-11,15,18-19,22,35H,4-5,7-8,12H2,1-2H3/t15-,19+,22-/m1/s1. The number of aromatic nitrogens is 6. The predicted molar refractivity (Wildman–Crippen MR) is 127 cm³/mol. The molecule has 0 bridgehead atoms. The number of fused-ring (bicyclic) bond motifs is 1. The predicted octanol–water partition coefficient (Wildman–Crippen LogP) is 4.51. The van der Waals surface area contributed by atoms with E-state index in [4.69, 9.17) is 14.7 Å². The van der Waals surface area contributed by atoms with Crippen LogP contribution < -0.4 is 0 Å². The van der Waals surface area contributed by atoms with Gasteiger partial charge in [-0.1, -0.05) is 0 Å². The van der Waals surface area contributed by atoms with Gasteiger partial charge in [0.1, 0.15) is 28.7 Å². The van der Waals surface area contributed by atoms with Crippen molar-refractivity contribution in [3.8, 4) is 11.3 Å². The molecule has 8 nitrogen and oxygen atoms in total. The zero-order valence-electron chi connectivity index (χ0n) is 20.0. The summed E-state index contributed by atoms with van der Waals surface area (Å²) in [6, 6.07) is 3.85. The lowest BCUT2D eigenvalue weighted by atomic mass is 9.88. The van der Waals surface area contributed by atoms with Crippen molar-refractivity contribution in [2.24, 2.45) is 0 Å². The summed E-state index contributed by atoms with van der Waals surface area (Å²) in [6.45, 7) is 3.51. The van der Waals surface area contributed by atoms with Crippen molar-refractivity contribution >= 4 is 11.2 Å². The average Bonchev–Trinajstić information content (AvgIpc) is 3.60. The Labute approximate surface area is 206 Å². The molecule has 4 aromatic rings. The summed E-state index contributed by atoms with van der Waals surface area (Å²) in [7, 11) is 0. The molecule has 1 saturated carbocycles. The fourth-order valence-corrected chi connectivity index (χ4v) is 4.80. The molecule has 3 atom stereocenters. The summed E-state index contributed by atoms with van der Waals surface area (Å²) >= 11 is 0. The molecule has 0 amide bonds. The second-order valence-electron chi connectivity index (χ2n) is 9.70. The number of nitrogens with zero attached hydrogens (tertiary/aromatic N) is 6. The van der Waals surface area contributed by atoms with Gasteiger partial charge in [-0.15, -0.1) is 0 Å². The number of aliphatic hydroxyl groups excluding tert-OH is 1. The number of hydrogen-bond acceptors (Lipinski definition) is 7. The molecule has 10 heteroatoms. The summed E-state index contributed by atoms with van der Waals surface area (Å²) in [5, 5.41) is 14.4. The maximum absolute atomic E-state index is 14.9. The van der Waals surface area contributed by atoms with Gasteiger partial charge in [-0.05, 0) is 51.7 Å².